The molecule has 5 nitrogen and oxygen atoms in total. The molecule has 0 aliphatic rings. The number of hydrogen-bond acceptors (Lipinski definition) is 5. The van der Waals surface area contributed by atoms with E-state index in [4.69, 9.17) is 11.6 Å². The van der Waals surface area contributed by atoms with Crippen LogP contribution in [0, 0.1) is 0 Å². The smallest absolute Gasteiger partial charge is 0.191 e. The lowest BCUT2D eigenvalue weighted by molar-refractivity contribution is 0.102. The minimum absolute atomic E-state index is 0.0333. The molecule has 0 radical (unpaired) electrons. The zero-order valence-corrected chi connectivity index (χ0v) is 13.9. The van der Waals surface area contributed by atoms with Crippen molar-refractivity contribution in [3.63, 3.8) is 0 Å². The molecule has 0 unspecified atom stereocenters. The van der Waals surface area contributed by atoms with Gasteiger partial charge in [0.25, 0.3) is 0 Å². The number of nitrogens with zero attached hydrogens (tertiary/aromatic N) is 4. The van der Waals surface area contributed by atoms with Crippen LogP contribution in [0.15, 0.2) is 53.9 Å². The number of benzene rings is 1. The van der Waals surface area contributed by atoms with E-state index >= 15 is 0 Å². The van der Waals surface area contributed by atoms with Crippen LogP contribution in [0.25, 0.3) is 11.4 Å². The Labute approximate surface area is 142 Å². The Balaban J connectivity index is 1.74. The van der Waals surface area contributed by atoms with Crippen LogP contribution in [0.5, 0.6) is 0 Å². The summed E-state index contributed by atoms with van der Waals surface area (Å²) in [6.45, 7) is 0. The Morgan fingerprint density at radius 2 is 1.91 bits per heavy atom. The fourth-order valence-electron chi connectivity index (χ4n) is 2.09. The molecule has 0 aliphatic carbocycles. The number of rotatable bonds is 5. The molecule has 7 heteroatoms. The molecular formula is C16H13ClN4OS. The van der Waals surface area contributed by atoms with Crippen LogP contribution in [0.3, 0.4) is 0 Å². The Bertz CT molecular complexity index is 835. The maximum absolute atomic E-state index is 12.3. The average Bonchev–Trinajstić information content (AvgIpc) is 2.94. The van der Waals surface area contributed by atoms with Gasteiger partial charge >= 0.3 is 0 Å². The largest absolute Gasteiger partial charge is 0.305 e. The second kappa shape index (κ2) is 6.93. The van der Waals surface area contributed by atoms with Crippen LogP contribution in [0.4, 0.5) is 0 Å². The van der Waals surface area contributed by atoms with Gasteiger partial charge in [-0.15, -0.1) is 10.2 Å². The van der Waals surface area contributed by atoms with Crippen molar-refractivity contribution in [1.29, 1.82) is 0 Å². The molecule has 0 fully saturated rings. The highest BCUT2D eigenvalue weighted by Gasteiger charge is 2.15. The Kier molecular flexibility index (Phi) is 4.73. The molecule has 0 amide bonds. The highest BCUT2D eigenvalue weighted by atomic mass is 35.5. The van der Waals surface area contributed by atoms with E-state index in [1.54, 1.807) is 36.7 Å². The number of ketones is 1. The number of hydrogen-bond donors (Lipinski definition) is 0. The lowest BCUT2D eigenvalue weighted by atomic mass is 10.1. The molecule has 0 spiro atoms. The van der Waals surface area contributed by atoms with Gasteiger partial charge in [0.2, 0.25) is 0 Å². The van der Waals surface area contributed by atoms with Crippen molar-refractivity contribution in [3.05, 3.63) is 59.4 Å². The predicted octanol–water partition coefficient (Wildman–Crippen LogP) is 3.51. The zero-order chi connectivity index (χ0) is 16.2. The summed E-state index contributed by atoms with van der Waals surface area (Å²) >= 11 is 7.39. The second-order valence-corrected chi connectivity index (χ2v) is 6.14. The van der Waals surface area contributed by atoms with E-state index in [1.807, 2.05) is 23.7 Å². The summed E-state index contributed by atoms with van der Waals surface area (Å²) in [6, 6.07) is 10.8. The average molecular weight is 345 g/mol. The quantitative estimate of drug-likeness (QED) is 0.523. The van der Waals surface area contributed by atoms with Gasteiger partial charge in [0.05, 0.1) is 10.8 Å². The molecule has 23 heavy (non-hydrogen) atoms. The van der Waals surface area contributed by atoms with Crippen LogP contribution in [-0.4, -0.2) is 31.3 Å². The summed E-state index contributed by atoms with van der Waals surface area (Å²) in [6.07, 6.45) is 3.41. The molecule has 2 heterocycles. The molecule has 116 valence electrons. The second-order valence-electron chi connectivity index (χ2n) is 4.79. The zero-order valence-electron chi connectivity index (χ0n) is 12.3. The summed E-state index contributed by atoms with van der Waals surface area (Å²) in [5.41, 5.74) is 1.46. The maximum Gasteiger partial charge on any atom is 0.191 e. The van der Waals surface area contributed by atoms with Crippen LogP contribution in [-0.2, 0) is 7.05 Å². The Hall–Kier alpha value is -2.18. The van der Waals surface area contributed by atoms with Crippen LogP contribution in [0.1, 0.15) is 10.4 Å². The predicted molar refractivity (Wildman–Crippen MR) is 90.7 cm³/mol. The number of carbonyl (C=O) groups is 1. The minimum atomic E-state index is -0.0333. The number of aromatic nitrogens is 4. The van der Waals surface area contributed by atoms with E-state index in [0.717, 1.165) is 11.4 Å². The standard InChI is InChI=1S/C16H13ClN4OS/c1-21-15(11-6-8-18-9-7-11)19-20-16(21)23-10-14(22)12-4-2-3-5-13(12)17/h2-9H,10H2,1H3. The molecule has 2 aromatic heterocycles. The third-order valence-electron chi connectivity index (χ3n) is 3.28. The normalized spacial score (nSPS) is 10.7. The fraction of sp³-hybridized carbons (Fsp3) is 0.125. The number of thioether (sulfide) groups is 1. The van der Waals surface area contributed by atoms with E-state index in [1.165, 1.54) is 11.8 Å². The SMILES string of the molecule is Cn1c(SCC(=O)c2ccccc2Cl)nnc1-c1ccncc1. The highest BCUT2D eigenvalue weighted by Crippen LogP contribution is 2.24. The van der Waals surface area contributed by atoms with Gasteiger partial charge in [-0.1, -0.05) is 35.5 Å². The van der Waals surface area contributed by atoms with E-state index in [0.29, 0.717) is 15.7 Å². The summed E-state index contributed by atoms with van der Waals surface area (Å²) in [4.78, 5) is 16.2. The van der Waals surface area contributed by atoms with E-state index in [9.17, 15) is 4.79 Å². The molecule has 3 rings (SSSR count). The summed E-state index contributed by atoms with van der Waals surface area (Å²) in [7, 11) is 1.87. The van der Waals surface area contributed by atoms with Crippen molar-refractivity contribution in [1.82, 2.24) is 19.7 Å². The summed E-state index contributed by atoms with van der Waals surface area (Å²) < 4.78 is 1.86. The van der Waals surface area contributed by atoms with Crippen molar-refractivity contribution >= 4 is 29.1 Å². The summed E-state index contributed by atoms with van der Waals surface area (Å²) in [5, 5.41) is 9.48. The number of Topliss-reactive ketones (excluding diaryl/α,β-unsaturated/α-hetero) is 1. The first-order valence-electron chi connectivity index (χ1n) is 6.87. The van der Waals surface area contributed by atoms with Gasteiger partial charge < -0.3 is 4.57 Å². The fourth-order valence-corrected chi connectivity index (χ4v) is 3.12. The molecule has 3 aromatic rings. The molecule has 0 saturated heterocycles. The van der Waals surface area contributed by atoms with Crippen LogP contribution in [0.2, 0.25) is 5.02 Å². The lowest BCUT2D eigenvalue weighted by Gasteiger charge is -2.04. The van der Waals surface area contributed by atoms with Gasteiger partial charge in [-0.3, -0.25) is 9.78 Å². The van der Waals surface area contributed by atoms with Crippen LogP contribution >= 0.6 is 23.4 Å². The molecule has 0 N–H and O–H groups in total. The van der Waals surface area contributed by atoms with Gasteiger partial charge in [0.15, 0.2) is 16.8 Å². The van der Waals surface area contributed by atoms with Gasteiger partial charge in [-0.2, -0.15) is 0 Å². The maximum atomic E-state index is 12.3. The highest BCUT2D eigenvalue weighted by molar-refractivity contribution is 7.99. The molecule has 0 saturated carbocycles. The summed E-state index contributed by atoms with van der Waals surface area (Å²) in [5.74, 6) is 0.959. The third kappa shape index (κ3) is 3.43. The van der Waals surface area contributed by atoms with E-state index in [2.05, 4.69) is 15.2 Å². The molecule has 0 bridgehead atoms. The lowest BCUT2D eigenvalue weighted by Crippen LogP contribution is -2.04. The third-order valence-corrected chi connectivity index (χ3v) is 4.63. The number of carbonyl (C=O) groups excluding carboxylic acids is 1. The first-order chi connectivity index (χ1) is 11.2. The molecule has 1 aromatic carbocycles. The van der Waals surface area contributed by atoms with Gasteiger partial charge in [-0.25, -0.2) is 0 Å². The molecule has 0 atom stereocenters. The van der Waals surface area contributed by atoms with Crippen molar-refractivity contribution in [3.8, 4) is 11.4 Å². The van der Waals surface area contributed by atoms with Gasteiger partial charge in [0, 0.05) is 30.6 Å². The molecule has 0 aliphatic heterocycles. The first kappa shape index (κ1) is 15.7. The molecular weight excluding hydrogens is 332 g/mol. The topological polar surface area (TPSA) is 60.7 Å². The minimum Gasteiger partial charge on any atom is -0.305 e. The number of pyridine rings is 1. The first-order valence-corrected chi connectivity index (χ1v) is 8.23. The van der Waals surface area contributed by atoms with E-state index < -0.39 is 0 Å². The van der Waals surface area contributed by atoms with Crippen molar-refractivity contribution in [2.24, 2.45) is 7.05 Å². The Morgan fingerprint density at radius 3 is 2.65 bits per heavy atom. The van der Waals surface area contributed by atoms with Gasteiger partial charge in [0.1, 0.15) is 0 Å². The Morgan fingerprint density at radius 1 is 1.17 bits per heavy atom. The van der Waals surface area contributed by atoms with Crippen molar-refractivity contribution in [2.45, 2.75) is 5.16 Å². The van der Waals surface area contributed by atoms with Crippen molar-refractivity contribution in [2.75, 3.05) is 5.75 Å². The van der Waals surface area contributed by atoms with Gasteiger partial charge in [-0.05, 0) is 24.3 Å². The van der Waals surface area contributed by atoms with E-state index in [-0.39, 0.29) is 11.5 Å². The monoisotopic (exact) mass is 344 g/mol. The number of halogens is 1. The van der Waals surface area contributed by atoms with Crippen molar-refractivity contribution < 1.29 is 4.79 Å². The van der Waals surface area contributed by atoms with Crippen LogP contribution < -0.4 is 0 Å².